The second-order valence-electron chi connectivity index (χ2n) is 2.82. The van der Waals surface area contributed by atoms with E-state index in [0.717, 1.165) is 15.4 Å². The van der Waals surface area contributed by atoms with E-state index in [9.17, 15) is 0 Å². The Morgan fingerprint density at radius 3 is 2.86 bits per heavy atom. The van der Waals surface area contributed by atoms with Gasteiger partial charge in [0.1, 0.15) is 0 Å². The Morgan fingerprint density at radius 2 is 2.14 bits per heavy atom. The van der Waals surface area contributed by atoms with Crippen LogP contribution in [0.1, 0.15) is 0 Å². The molecule has 0 radical (unpaired) electrons. The van der Waals surface area contributed by atoms with Crippen LogP contribution in [0.4, 0.5) is 0 Å². The van der Waals surface area contributed by atoms with Gasteiger partial charge in [-0.25, -0.2) is 4.98 Å². The summed E-state index contributed by atoms with van der Waals surface area (Å²) in [5, 5.41) is 1.39. The van der Waals surface area contributed by atoms with Crippen LogP contribution in [0.3, 0.4) is 0 Å². The van der Waals surface area contributed by atoms with E-state index in [4.69, 9.17) is 16.3 Å². The number of pyridine rings is 1. The highest BCUT2D eigenvalue weighted by molar-refractivity contribution is 9.10. The molecule has 0 fully saturated rings. The molecular weight excluding hydrogens is 265 g/mol. The minimum Gasteiger partial charge on any atom is -0.494 e. The molecule has 0 aliphatic heterocycles. The molecule has 1 heterocycles. The molecule has 0 unspecified atom stereocenters. The van der Waals surface area contributed by atoms with Crippen molar-refractivity contribution in [3.05, 3.63) is 33.9 Å². The van der Waals surface area contributed by atoms with Crippen molar-refractivity contribution in [2.24, 2.45) is 0 Å². The van der Waals surface area contributed by atoms with Gasteiger partial charge in [0.25, 0.3) is 0 Å². The third-order valence-electron chi connectivity index (χ3n) is 1.92. The monoisotopic (exact) mass is 271 g/mol. The third kappa shape index (κ3) is 1.70. The fourth-order valence-electron chi connectivity index (χ4n) is 1.25. The molecule has 1 aromatic heterocycles. The first-order valence-corrected chi connectivity index (χ1v) is 5.17. The van der Waals surface area contributed by atoms with E-state index in [2.05, 4.69) is 20.9 Å². The number of hydrogen-bond acceptors (Lipinski definition) is 2. The van der Waals surface area contributed by atoms with Crippen molar-refractivity contribution in [1.29, 1.82) is 0 Å². The minimum atomic E-state index is 0.391. The normalized spacial score (nSPS) is 10.5. The van der Waals surface area contributed by atoms with Gasteiger partial charge < -0.3 is 4.74 Å². The molecule has 0 spiro atoms. The molecule has 4 heteroatoms. The average molecular weight is 273 g/mol. The first-order chi connectivity index (χ1) is 6.70. The number of ether oxygens (including phenoxy) is 1. The van der Waals surface area contributed by atoms with Gasteiger partial charge in [-0.2, -0.15) is 0 Å². The van der Waals surface area contributed by atoms with Gasteiger partial charge in [-0.05, 0) is 24.3 Å². The zero-order valence-electron chi connectivity index (χ0n) is 7.42. The lowest BCUT2D eigenvalue weighted by atomic mass is 10.2. The van der Waals surface area contributed by atoms with Crippen LogP contribution in [0.2, 0.25) is 5.15 Å². The second kappa shape index (κ2) is 3.75. The quantitative estimate of drug-likeness (QED) is 0.739. The van der Waals surface area contributed by atoms with Crippen molar-refractivity contribution >= 4 is 38.4 Å². The van der Waals surface area contributed by atoms with Crippen LogP contribution < -0.4 is 4.74 Å². The van der Waals surface area contributed by atoms with Gasteiger partial charge in [-0.3, -0.25) is 0 Å². The van der Waals surface area contributed by atoms with Crippen molar-refractivity contribution in [1.82, 2.24) is 4.98 Å². The second-order valence-corrected chi connectivity index (χ2v) is 4.09. The first-order valence-electron chi connectivity index (χ1n) is 4.00. The number of nitrogens with zero attached hydrogens (tertiary/aromatic N) is 1. The van der Waals surface area contributed by atoms with E-state index in [1.54, 1.807) is 7.11 Å². The van der Waals surface area contributed by atoms with Crippen molar-refractivity contribution in [2.45, 2.75) is 0 Å². The molecule has 0 bridgehead atoms. The molecular formula is C10H7BrClNO. The number of benzene rings is 1. The molecule has 0 saturated heterocycles. The van der Waals surface area contributed by atoms with E-state index in [0.29, 0.717) is 10.9 Å². The topological polar surface area (TPSA) is 22.1 Å². The summed E-state index contributed by atoms with van der Waals surface area (Å²) >= 11 is 9.29. The van der Waals surface area contributed by atoms with E-state index >= 15 is 0 Å². The van der Waals surface area contributed by atoms with Crippen LogP contribution in [0.25, 0.3) is 10.9 Å². The predicted molar refractivity (Wildman–Crippen MR) is 61.0 cm³/mol. The standard InChI is InChI=1S/C10H7BrClNO/c1-14-9-5-6-4-7(11)2-3-8(6)13-10(9)12/h2-5H,1H3. The summed E-state index contributed by atoms with van der Waals surface area (Å²) in [5.74, 6) is 0.595. The maximum absolute atomic E-state index is 5.90. The van der Waals surface area contributed by atoms with Gasteiger partial charge in [0.05, 0.1) is 12.6 Å². The zero-order chi connectivity index (χ0) is 10.1. The molecule has 2 rings (SSSR count). The Hall–Kier alpha value is -0.800. The molecule has 14 heavy (non-hydrogen) atoms. The Balaban J connectivity index is 2.73. The molecule has 72 valence electrons. The van der Waals surface area contributed by atoms with Crippen molar-refractivity contribution in [2.75, 3.05) is 7.11 Å². The van der Waals surface area contributed by atoms with E-state index in [1.165, 1.54) is 0 Å². The average Bonchev–Trinajstić information content (AvgIpc) is 2.17. The summed E-state index contributed by atoms with van der Waals surface area (Å²) in [6.45, 7) is 0. The summed E-state index contributed by atoms with van der Waals surface area (Å²) < 4.78 is 6.09. The lowest BCUT2D eigenvalue weighted by molar-refractivity contribution is 0.414. The van der Waals surface area contributed by atoms with Gasteiger partial charge in [0.2, 0.25) is 0 Å². The summed E-state index contributed by atoms with van der Waals surface area (Å²) in [6.07, 6.45) is 0. The number of rotatable bonds is 1. The van der Waals surface area contributed by atoms with E-state index in [-0.39, 0.29) is 0 Å². The third-order valence-corrected chi connectivity index (χ3v) is 2.68. The fraction of sp³-hybridized carbons (Fsp3) is 0.100. The highest BCUT2D eigenvalue weighted by Gasteiger charge is 2.04. The van der Waals surface area contributed by atoms with Crippen LogP contribution in [-0.4, -0.2) is 12.1 Å². The maximum Gasteiger partial charge on any atom is 0.171 e. The maximum atomic E-state index is 5.90. The molecule has 0 N–H and O–H groups in total. The number of aromatic nitrogens is 1. The van der Waals surface area contributed by atoms with Gasteiger partial charge >= 0.3 is 0 Å². The highest BCUT2D eigenvalue weighted by Crippen LogP contribution is 2.28. The highest BCUT2D eigenvalue weighted by atomic mass is 79.9. The van der Waals surface area contributed by atoms with Gasteiger partial charge in [0.15, 0.2) is 10.9 Å². The molecule has 1 aromatic carbocycles. The van der Waals surface area contributed by atoms with Crippen molar-refractivity contribution in [3.8, 4) is 5.75 Å². The van der Waals surface area contributed by atoms with E-state index in [1.807, 2.05) is 24.3 Å². The lowest BCUT2D eigenvalue weighted by Gasteiger charge is -2.04. The summed E-state index contributed by atoms with van der Waals surface area (Å²) in [5.41, 5.74) is 0.860. The number of hydrogen-bond donors (Lipinski definition) is 0. The summed E-state index contributed by atoms with van der Waals surface area (Å²) in [6, 6.07) is 7.68. The summed E-state index contributed by atoms with van der Waals surface area (Å²) in [4.78, 5) is 4.21. The first kappa shape index (κ1) is 9.74. The van der Waals surface area contributed by atoms with Crippen LogP contribution >= 0.6 is 27.5 Å². The van der Waals surface area contributed by atoms with Gasteiger partial charge in [0, 0.05) is 9.86 Å². The van der Waals surface area contributed by atoms with Crippen LogP contribution in [0.15, 0.2) is 28.7 Å². The molecule has 2 nitrogen and oxygen atoms in total. The Labute approximate surface area is 95.0 Å². The van der Waals surface area contributed by atoms with Gasteiger partial charge in [-0.1, -0.05) is 27.5 Å². The number of fused-ring (bicyclic) bond motifs is 1. The predicted octanol–water partition coefficient (Wildman–Crippen LogP) is 3.66. The summed E-state index contributed by atoms with van der Waals surface area (Å²) in [7, 11) is 1.58. The smallest absolute Gasteiger partial charge is 0.171 e. The SMILES string of the molecule is COc1cc2cc(Br)ccc2nc1Cl. The molecule has 2 aromatic rings. The van der Waals surface area contributed by atoms with E-state index < -0.39 is 0 Å². The Morgan fingerprint density at radius 1 is 1.36 bits per heavy atom. The Bertz CT molecular complexity index is 487. The van der Waals surface area contributed by atoms with Crippen molar-refractivity contribution in [3.63, 3.8) is 0 Å². The van der Waals surface area contributed by atoms with Crippen LogP contribution in [0.5, 0.6) is 5.75 Å². The minimum absolute atomic E-state index is 0.391. The number of halogens is 2. The van der Waals surface area contributed by atoms with Crippen LogP contribution in [-0.2, 0) is 0 Å². The fourth-order valence-corrected chi connectivity index (χ4v) is 1.85. The van der Waals surface area contributed by atoms with Gasteiger partial charge in [-0.15, -0.1) is 0 Å². The zero-order valence-corrected chi connectivity index (χ0v) is 9.76. The number of methoxy groups -OCH3 is 1. The molecule has 0 aliphatic rings. The van der Waals surface area contributed by atoms with Crippen molar-refractivity contribution < 1.29 is 4.74 Å². The molecule has 0 aliphatic carbocycles. The molecule has 0 atom stereocenters. The Kier molecular flexibility index (Phi) is 2.61. The molecule has 0 amide bonds. The van der Waals surface area contributed by atoms with Crippen LogP contribution in [0, 0.1) is 0 Å². The molecule has 0 saturated carbocycles. The lowest BCUT2D eigenvalue weighted by Crippen LogP contribution is -1.88. The largest absolute Gasteiger partial charge is 0.494 e.